The Morgan fingerprint density at radius 2 is 1.32 bits per heavy atom. The van der Waals surface area contributed by atoms with Crippen LogP contribution in [0.25, 0.3) is 0 Å². The predicted octanol–water partition coefficient (Wildman–Crippen LogP) is 7.10. The van der Waals surface area contributed by atoms with Crippen molar-refractivity contribution in [3.05, 3.63) is 73.3 Å². The Hall–Kier alpha value is -2.29. The van der Waals surface area contributed by atoms with Crippen molar-refractivity contribution in [1.82, 2.24) is 0 Å². The van der Waals surface area contributed by atoms with Gasteiger partial charge in [-0.15, -0.1) is 0 Å². The van der Waals surface area contributed by atoms with E-state index in [1.54, 1.807) is 12.1 Å². The summed E-state index contributed by atoms with van der Waals surface area (Å²) in [5.74, 6) is 0.238. The van der Waals surface area contributed by atoms with E-state index in [0.717, 1.165) is 16.1 Å². The number of rotatable bonds is 8. The molecule has 0 bridgehead atoms. The summed E-state index contributed by atoms with van der Waals surface area (Å²) in [6, 6.07) is 7.75. The molecule has 0 aliphatic carbocycles. The van der Waals surface area contributed by atoms with Gasteiger partial charge in [-0.3, -0.25) is 0 Å². The topological polar surface area (TPSA) is 47.9 Å². The first kappa shape index (κ1) is 28.7. The second-order valence-electron chi connectivity index (χ2n) is 6.58. The van der Waals surface area contributed by atoms with Gasteiger partial charge in [0.25, 0.3) is 0 Å². The normalized spacial score (nSPS) is 9.71. The third-order valence-corrected chi connectivity index (χ3v) is 2.90. The number of ether oxygens (including phenoxy) is 3. The Kier molecular flexibility index (Phi) is 15.2. The Balaban J connectivity index is 0.000000504. The van der Waals surface area contributed by atoms with Crippen LogP contribution in [0.1, 0.15) is 27.7 Å². The first-order valence-corrected chi connectivity index (χ1v) is 10.9. The summed E-state index contributed by atoms with van der Waals surface area (Å²) >= 11 is 2.34. The molecule has 0 aliphatic heterocycles. The minimum atomic E-state index is -0.438. The molecule has 0 aliphatic rings. The van der Waals surface area contributed by atoms with Gasteiger partial charge < -0.3 is 19.3 Å². The van der Waals surface area contributed by atoms with Gasteiger partial charge in [-0.05, 0) is 38.1 Å². The van der Waals surface area contributed by atoms with Crippen LogP contribution in [0.4, 0.5) is 8.78 Å². The van der Waals surface area contributed by atoms with Crippen LogP contribution < -0.4 is 14.2 Å². The lowest BCUT2D eigenvalue weighted by atomic mass is 10.3. The zero-order valence-corrected chi connectivity index (χ0v) is 20.6. The number of alkyl halides is 1. The summed E-state index contributed by atoms with van der Waals surface area (Å²) in [6.07, 6.45) is 3.15. The maximum absolute atomic E-state index is 13.0. The molecule has 0 saturated carbocycles. The monoisotopic (exact) mass is 548 g/mol. The van der Waals surface area contributed by atoms with E-state index in [1.807, 2.05) is 13.8 Å². The van der Waals surface area contributed by atoms with Gasteiger partial charge in [-0.25, -0.2) is 8.78 Å². The molecule has 0 spiro atoms. The molecule has 2 rings (SSSR count). The second-order valence-corrected chi connectivity index (χ2v) is 9.07. The number of halogens is 3. The molecule has 0 atom stereocenters. The number of phenols is 1. The maximum atomic E-state index is 13.0. The SMILES string of the molecule is C=CCOc1cc(F)ccc1O.C=CCOc1cc(F)ccc1OC(C)C.CC(C)I. The van der Waals surface area contributed by atoms with E-state index in [1.165, 1.54) is 24.3 Å². The summed E-state index contributed by atoms with van der Waals surface area (Å²) in [6.45, 7) is 15.6. The molecule has 0 saturated heterocycles. The fourth-order valence-electron chi connectivity index (χ4n) is 1.85. The van der Waals surface area contributed by atoms with E-state index in [4.69, 9.17) is 19.3 Å². The van der Waals surface area contributed by atoms with E-state index >= 15 is 0 Å². The smallest absolute Gasteiger partial charge is 0.164 e. The lowest BCUT2D eigenvalue weighted by Crippen LogP contribution is -2.07. The van der Waals surface area contributed by atoms with Crippen molar-refractivity contribution in [1.29, 1.82) is 0 Å². The van der Waals surface area contributed by atoms with Crippen molar-refractivity contribution in [2.24, 2.45) is 0 Å². The highest BCUT2D eigenvalue weighted by Crippen LogP contribution is 2.29. The molecule has 0 fully saturated rings. The molecule has 0 heterocycles. The molecule has 7 heteroatoms. The number of benzene rings is 2. The fraction of sp³-hybridized carbons (Fsp3) is 0.333. The zero-order chi connectivity index (χ0) is 23.8. The molecule has 31 heavy (non-hydrogen) atoms. The molecule has 0 radical (unpaired) electrons. The molecule has 2 aromatic carbocycles. The number of hydrogen-bond acceptors (Lipinski definition) is 4. The fourth-order valence-corrected chi connectivity index (χ4v) is 1.85. The zero-order valence-electron chi connectivity index (χ0n) is 18.4. The predicted molar refractivity (Wildman–Crippen MR) is 131 cm³/mol. The van der Waals surface area contributed by atoms with Crippen LogP contribution in [0.3, 0.4) is 0 Å². The quantitative estimate of drug-likeness (QED) is 0.217. The Morgan fingerprint density at radius 3 is 1.81 bits per heavy atom. The molecule has 4 nitrogen and oxygen atoms in total. The minimum absolute atomic E-state index is 0.0292. The van der Waals surface area contributed by atoms with Crippen molar-refractivity contribution < 1.29 is 28.1 Å². The standard InChI is InChI=1S/C12H15FO2.C9H9FO2.C3H7I/c1-4-7-14-12-8-10(13)5-6-11(12)15-9(2)3;1-2-5-12-9-6-7(10)3-4-8(9)11;1-3(2)4/h4-6,8-9H,1,7H2,2-3H3;2-4,6,11H,1,5H2;3H,1-2H3. The van der Waals surface area contributed by atoms with Gasteiger partial charge in [0, 0.05) is 16.1 Å². The summed E-state index contributed by atoms with van der Waals surface area (Å²) in [5.41, 5.74) is 0. The van der Waals surface area contributed by atoms with Gasteiger partial charge in [-0.2, -0.15) is 0 Å². The van der Waals surface area contributed by atoms with Gasteiger partial charge in [-0.1, -0.05) is 61.7 Å². The Morgan fingerprint density at radius 1 is 0.871 bits per heavy atom. The van der Waals surface area contributed by atoms with Crippen LogP contribution in [-0.2, 0) is 0 Å². The summed E-state index contributed by atoms with van der Waals surface area (Å²) < 4.78 is 42.0. The number of phenolic OH excluding ortho intramolecular Hbond substituents is 1. The largest absolute Gasteiger partial charge is 0.504 e. The summed E-state index contributed by atoms with van der Waals surface area (Å²) in [4.78, 5) is 0. The van der Waals surface area contributed by atoms with Crippen molar-refractivity contribution in [2.75, 3.05) is 13.2 Å². The van der Waals surface area contributed by atoms with Gasteiger partial charge in [0.15, 0.2) is 23.0 Å². The highest BCUT2D eigenvalue weighted by Gasteiger charge is 2.07. The lowest BCUT2D eigenvalue weighted by Gasteiger charge is -2.14. The highest BCUT2D eigenvalue weighted by atomic mass is 127. The lowest BCUT2D eigenvalue weighted by molar-refractivity contribution is 0.225. The molecular weight excluding hydrogens is 517 g/mol. The van der Waals surface area contributed by atoms with Crippen LogP contribution in [0.5, 0.6) is 23.0 Å². The average Bonchev–Trinajstić information content (AvgIpc) is 2.68. The van der Waals surface area contributed by atoms with Crippen molar-refractivity contribution in [3.63, 3.8) is 0 Å². The third-order valence-electron chi connectivity index (χ3n) is 2.90. The Labute approximate surface area is 197 Å². The van der Waals surface area contributed by atoms with Gasteiger partial charge >= 0.3 is 0 Å². The van der Waals surface area contributed by atoms with Gasteiger partial charge in [0.05, 0.1) is 6.10 Å². The van der Waals surface area contributed by atoms with Gasteiger partial charge in [0.1, 0.15) is 24.8 Å². The summed E-state index contributed by atoms with van der Waals surface area (Å²) in [5, 5.41) is 9.14. The first-order chi connectivity index (χ1) is 14.6. The van der Waals surface area contributed by atoms with E-state index in [9.17, 15) is 8.78 Å². The molecule has 0 aromatic heterocycles. The van der Waals surface area contributed by atoms with Crippen LogP contribution >= 0.6 is 22.6 Å². The molecule has 1 N–H and O–H groups in total. The van der Waals surface area contributed by atoms with Gasteiger partial charge in [0.2, 0.25) is 0 Å². The van der Waals surface area contributed by atoms with E-state index < -0.39 is 5.82 Å². The number of aromatic hydroxyl groups is 1. The molecule has 0 amide bonds. The highest BCUT2D eigenvalue weighted by molar-refractivity contribution is 14.1. The third kappa shape index (κ3) is 14.4. The van der Waals surface area contributed by atoms with Crippen LogP contribution in [-0.4, -0.2) is 28.3 Å². The average molecular weight is 548 g/mol. The van der Waals surface area contributed by atoms with Crippen molar-refractivity contribution in [3.8, 4) is 23.0 Å². The maximum Gasteiger partial charge on any atom is 0.164 e. The second kappa shape index (κ2) is 16.4. The molecule has 2 aromatic rings. The van der Waals surface area contributed by atoms with Crippen LogP contribution in [0.15, 0.2) is 61.7 Å². The van der Waals surface area contributed by atoms with E-state index in [0.29, 0.717) is 18.1 Å². The Bertz CT molecular complexity index is 792. The molecule has 0 unspecified atom stereocenters. The number of hydrogen-bond donors (Lipinski definition) is 1. The van der Waals surface area contributed by atoms with E-state index in [2.05, 4.69) is 49.6 Å². The molecule has 172 valence electrons. The van der Waals surface area contributed by atoms with E-state index in [-0.39, 0.29) is 30.0 Å². The van der Waals surface area contributed by atoms with Crippen molar-refractivity contribution >= 4 is 22.6 Å². The van der Waals surface area contributed by atoms with Crippen LogP contribution in [0, 0.1) is 11.6 Å². The van der Waals surface area contributed by atoms with Crippen molar-refractivity contribution in [2.45, 2.75) is 37.7 Å². The molecular formula is C24H31F2IO4. The minimum Gasteiger partial charge on any atom is -0.504 e. The van der Waals surface area contributed by atoms with Crippen LogP contribution in [0.2, 0.25) is 0 Å². The summed E-state index contributed by atoms with van der Waals surface area (Å²) in [7, 11) is 0. The first-order valence-electron chi connectivity index (χ1n) is 9.66.